The zero-order chi connectivity index (χ0) is 23.3. The van der Waals surface area contributed by atoms with Gasteiger partial charge in [-0.25, -0.2) is 0 Å². The van der Waals surface area contributed by atoms with Crippen LogP contribution in [0.3, 0.4) is 0 Å². The van der Waals surface area contributed by atoms with E-state index in [1.54, 1.807) is 28.3 Å². The number of ether oxygens (including phenoxy) is 6. The molecule has 176 valence electrons. The third-order valence-corrected chi connectivity index (χ3v) is 6.98. The number of hydrogen-bond donors (Lipinski definition) is 1. The van der Waals surface area contributed by atoms with Crippen LogP contribution in [0, 0.1) is 11.8 Å². The van der Waals surface area contributed by atoms with E-state index in [4.69, 9.17) is 28.4 Å². The molecule has 1 saturated heterocycles. The molecule has 2 aromatic rings. The van der Waals surface area contributed by atoms with E-state index in [1.165, 1.54) is 0 Å². The lowest BCUT2D eigenvalue weighted by Crippen LogP contribution is -2.37. The first kappa shape index (κ1) is 21.9. The molecule has 0 saturated carbocycles. The van der Waals surface area contributed by atoms with Crippen molar-refractivity contribution in [3.05, 3.63) is 41.0 Å². The molecule has 1 unspecified atom stereocenters. The van der Waals surface area contributed by atoms with E-state index in [1.807, 2.05) is 24.3 Å². The molecule has 2 aromatic carbocycles. The fourth-order valence-electron chi connectivity index (χ4n) is 5.59. The maximum Gasteiger partial charge on any atom is 0.231 e. The summed E-state index contributed by atoms with van der Waals surface area (Å²) in [5.41, 5.74) is 2.62. The van der Waals surface area contributed by atoms with Crippen LogP contribution in [0.5, 0.6) is 28.7 Å². The maximum atomic E-state index is 12.0. The molecular formula is C25H28O8. The lowest BCUT2D eigenvalue weighted by molar-refractivity contribution is -0.119. The monoisotopic (exact) mass is 456 g/mol. The van der Waals surface area contributed by atoms with Gasteiger partial charge in [0, 0.05) is 24.2 Å². The fourth-order valence-corrected chi connectivity index (χ4v) is 5.59. The summed E-state index contributed by atoms with van der Waals surface area (Å²) >= 11 is 0. The second-order valence-corrected chi connectivity index (χ2v) is 8.73. The van der Waals surface area contributed by atoms with Crippen molar-refractivity contribution in [1.29, 1.82) is 0 Å². The summed E-state index contributed by atoms with van der Waals surface area (Å²) in [5, 5.41) is 11.3. The molecule has 5 atom stereocenters. The molecule has 0 amide bonds. The summed E-state index contributed by atoms with van der Waals surface area (Å²) in [6, 6.07) is 7.66. The van der Waals surface area contributed by atoms with Crippen LogP contribution >= 0.6 is 0 Å². The molecule has 1 fully saturated rings. The Labute approximate surface area is 192 Å². The summed E-state index contributed by atoms with van der Waals surface area (Å²) in [7, 11) is 4.73. The summed E-state index contributed by atoms with van der Waals surface area (Å²) in [6.45, 7) is 2.08. The highest BCUT2D eigenvalue weighted by Gasteiger charge is 2.51. The molecule has 0 spiro atoms. The smallest absolute Gasteiger partial charge is 0.231 e. The number of Topliss-reactive ketones (excluding diaryl/α,β-unsaturated/α-hetero) is 1. The number of aliphatic hydroxyl groups is 1. The van der Waals surface area contributed by atoms with Gasteiger partial charge in [-0.1, -0.05) is 0 Å². The van der Waals surface area contributed by atoms with Crippen molar-refractivity contribution in [2.45, 2.75) is 31.5 Å². The number of benzene rings is 2. The van der Waals surface area contributed by atoms with Gasteiger partial charge < -0.3 is 33.5 Å². The standard InChI is InChI=1S/C25H28O8/c1-12(26)5-19-23-16(10-31-19)24(27)15-9-18-17(32-11-33-18)8-14(15)22(23)13-6-20(28-2)25(30-4)21(7-13)29-3/h6-9,16,19,22-24,27H,5,10-11H2,1-4H3/t16-,19?,22+,23+,24-/m0/s1. The van der Waals surface area contributed by atoms with Gasteiger partial charge in [0.1, 0.15) is 5.78 Å². The van der Waals surface area contributed by atoms with Crippen molar-refractivity contribution in [3.63, 3.8) is 0 Å². The highest BCUT2D eigenvalue weighted by atomic mass is 16.7. The van der Waals surface area contributed by atoms with Gasteiger partial charge in [0.2, 0.25) is 12.5 Å². The number of rotatable bonds is 6. The highest BCUT2D eigenvalue weighted by molar-refractivity contribution is 5.76. The second-order valence-electron chi connectivity index (χ2n) is 8.73. The largest absolute Gasteiger partial charge is 0.493 e. The van der Waals surface area contributed by atoms with Crippen LogP contribution in [-0.2, 0) is 9.53 Å². The molecule has 5 rings (SSSR count). The first-order valence-corrected chi connectivity index (χ1v) is 11.0. The Morgan fingerprint density at radius 3 is 2.21 bits per heavy atom. The van der Waals surface area contributed by atoms with Gasteiger partial charge in [-0.15, -0.1) is 0 Å². The SMILES string of the molecule is COc1cc([C@@H]2c3cc4c(cc3[C@H](O)[C@H]3COC(CC(C)=O)[C@H]23)OCO4)cc(OC)c1OC. The minimum absolute atomic E-state index is 0.0512. The average molecular weight is 456 g/mol. The zero-order valence-electron chi connectivity index (χ0n) is 19.1. The van der Waals surface area contributed by atoms with Crippen molar-refractivity contribution in [3.8, 4) is 28.7 Å². The van der Waals surface area contributed by atoms with E-state index in [0.29, 0.717) is 35.4 Å². The molecule has 1 N–H and O–H groups in total. The van der Waals surface area contributed by atoms with Crippen molar-refractivity contribution < 1.29 is 38.3 Å². The Kier molecular flexibility index (Phi) is 5.58. The van der Waals surface area contributed by atoms with Crippen LogP contribution in [0.4, 0.5) is 0 Å². The molecule has 2 aliphatic heterocycles. The van der Waals surface area contributed by atoms with Gasteiger partial charge in [-0.3, -0.25) is 4.79 Å². The van der Waals surface area contributed by atoms with Gasteiger partial charge in [0.05, 0.1) is 40.1 Å². The highest BCUT2D eigenvalue weighted by Crippen LogP contribution is 2.57. The minimum atomic E-state index is -0.741. The Morgan fingerprint density at radius 2 is 1.64 bits per heavy atom. The summed E-state index contributed by atoms with van der Waals surface area (Å²) in [4.78, 5) is 12.0. The second kappa shape index (κ2) is 8.43. The van der Waals surface area contributed by atoms with E-state index in [-0.39, 0.29) is 42.9 Å². The Hall–Kier alpha value is -2.97. The molecule has 8 nitrogen and oxygen atoms in total. The molecule has 2 heterocycles. The van der Waals surface area contributed by atoms with E-state index < -0.39 is 6.10 Å². The molecule has 0 bridgehead atoms. The third kappa shape index (κ3) is 3.48. The average Bonchev–Trinajstić information content (AvgIpc) is 3.44. The van der Waals surface area contributed by atoms with Gasteiger partial charge in [-0.2, -0.15) is 0 Å². The molecule has 8 heteroatoms. The molecule has 33 heavy (non-hydrogen) atoms. The summed E-state index contributed by atoms with van der Waals surface area (Å²) in [5.74, 6) is 2.40. The lowest BCUT2D eigenvalue weighted by Gasteiger charge is -2.40. The fraction of sp³-hybridized carbons (Fsp3) is 0.480. The molecule has 3 aliphatic rings. The van der Waals surface area contributed by atoms with Crippen molar-refractivity contribution in [2.75, 3.05) is 34.7 Å². The van der Waals surface area contributed by atoms with Crippen LogP contribution < -0.4 is 23.7 Å². The number of ketones is 1. The zero-order valence-corrected chi connectivity index (χ0v) is 19.1. The number of carbonyl (C=O) groups excluding carboxylic acids is 1. The predicted octanol–water partition coefficient (Wildman–Crippen LogP) is 3.23. The van der Waals surface area contributed by atoms with Crippen LogP contribution in [0.2, 0.25) is 0 Å². The van der Waals surface area contributed by atoms with Gasteiger partial charge in [0.15, 0.2) is 23.0 Å². The Morgan fingerprint density at radius 1 is 1.00 bits per heavy atom. The van der Waals surface area contributed by atoms with Crippen molar-refractivity contribution in [2.24, 2.45) is 11.8 Å². The quantitative estimate of drug-likeness (QED) is 0.708. The number of fused-ring (bicyclic) bond motifs is 3. The lowest BCUT2D eigenvalue weighted by atomic mass is 9.64. The number of carbonyl (C=O) groups is 1. The molecule has 0 aromatic heterocycles. The molecule has 1 aliphatic carbocycles. The summed E-state index contributed by atoms with van der Waals surface area (Å²) in [6.07, 6.45) is -0.770. The predicted molar refractivity (Wildman–Crippen MR) is 117 cm³/mol. The first-order valence-electron chi connectivity index (χ1n) is 11.0. The summed E-state index contributed by atoms with van der Waals surface area (Å²) < 4.78 is 34.1. The van der Waals surface area contributed by atoms with Crippen molar-refractivity contribution in [1.82, 2.24) is 0 Å². The molecular weight excluding hydrogens is 428 g/mol. The van der Waals surface area contributed by atoms with Crippen LogP contribution in [0.15, 0.2) is 24.3 Å². The molecule has 0 radical (unpaired) electrons. The van der Waals surface area contributed by atoms with Gasteiger partial charge in [-0.05, 0) is 47.9 Å². The number of hydrogen-bond acceptors (Lipinski definition) is 8. The van der Waals surface area contributed by atoms with Crippen molar-refractivity contribution >= 4 is 5.78 Å². The topological polar surface area (TPSA) is 92.7 Å². The van der Waals surface area contributed by atoms with E-state index in [9.17, 15) is 9.90 Å². The Balaban J connectivity index is 1.72. The van der Waals surface area contributed by atoms with E-state index >= 15 is 0 Å². The van der Waals surface area contributed by atoms with Crippen LogP contribution in [0.25, 0.3) is 0 Å². The normalized spacial score (nSPS) is 27.0. The maximum absolute atomic E-state index is 12.0. The van der Waals surface area contributed by atoms with Crippen LogP contribution in [0.1, 0.15) is 42.1 Å². The number of methoxy groups -OCH3 is 3. The first-order chi connectivity index (χ1) is 16.0. The minimum Gasteiger partial charge on any atom is -0.493 e. The van der Waals surface area contributed by atoms with E-state index in [0.717, 1.165) is 16.7 Å². The Bertz CT molecular complexity index is 1060. The van der Waals surface area contributed by atoms with Crippen LogP contribution in [-0.4, -0.2) is 51.7 Å². The van der Waals surface area contributed by atoms with Gasteiger partial charge >= 0.3 is 0 Å². The van der Waals surface area contributed by atoms with E-state index in [2.05, 4.69) is 0 Å². The van der Waals surface area contributed by atoms with Gasteiger partial charge in [0.25, 0.3) is 0 Å². The number of aliphatic hydroxyl groups excluding tert-OH is 1. The third-order valence-electron chi connectivity index (χ3n) is 6.98.